The Bertz CT molecular complexity index is 595. The summed E-state index contributed by atoms with van der Waals surface area (Å²) in [4.78, 5) is 0. The van der Waals surface area contributed by atoms with Crippen molar-refractivity contribution in [2.24, 2.45) is 5.92 Å². The summed E-state index contributed by atoms with van der Waals surface area (Å²) in [6, 6.07) is 10.4. The van der Waals surface area contributed by atoms with Gasteiger partial charge in [-0.3, -0.25) is 0 Å². The van der Waals surface area contributed by atoms with Gasteiger partial charge < -0.3 is 9.16 Å². The highest BCUT2D eigenvalue weighted by molar-refractivity contribution is 6.77. The van der Waals surface area contributed by atoms with Crippen LogP contribution in [-0.2, 0) is 9.16 Å². The fourth-order valence-electron chi connectivity index (χ4n) is 4.42. The van der Waals surface area contributed by atoms with Crippen LogP contribution in [0.15, 0.2) is 48.2 Å². The molecule has 0 saturated carbocycles. The van der Waals surface area contributed by atoms with Crippen molar-refractivity contribution in [3.63, 3.8) is 0 Å². The molecule has 1 heterocycles. The van der Waals surface area contributed by atoms with Crippen LogP contribution in [0.5, 0.6) is 0 Å². The Hall–Kier alpha value is -1.32. The number of rotatable bonds is 7. The molecular formula is C23H36O2Si. The Morgan fingerprint density at radius 1 is 1.00 bits per heavy atom. The van der Waals surface area contributed by atoms with Crippen molar-refractivity contribution in [2.45, 2.75) is 71.2 Å². The molecule has 0 radical (unpaired) electrons. The van der Waals surface area contributed by atoms with Crippen molar-refractivity contribution in [3.8, 4) is 0 Å². The SMILES string of the molecule is CC(C)[Si](OC1=CCO[C@@H](/C=C/c2ccccc2)[C@@H]1C)(C(C)C)C(C)C. The maximum absolute atomic E-state index is 6.94. The Morgan fingerprint density at radius 2 is 1.58 bits per heavy atom. The van der Waals surface area contributed by atoms with Gasteiger partial charge in [-0.25, -0.2) is 0 Å². The highest BCUT2D eigenvalue weighted by Gasteiger charge is 2.48. The lowest BCUT2D eigenvalue weighted by atomic mass is 9.99. The molecule has 0 spiro atoms. The molecule has 0 saturated heterocycles. The fraction of sp³-hybridized carbons (Fsp3) is 0.565. The monoisotopic (exact) mass is 372 g/mol. The van der Waals surface area contributed by atoms with Gasteiger partial charge in [0.25, 0.3) is 8.32 Å². The van der Waals surface area contributed by atoms with Crippen LogP contribution in [-0.4, -0.2) is 21.0 Å². The van der Waals surface area contributed by atoms with Crippen LogP contribution in [0.25, 0.3) is 6.08 Å². The largest absolute Gasteiger partial charge is 0.546 e. The first-order valence-corrected chi connectivity index (χ1v) is 12.2. The highest BCUT2D eigenvalue weighted by Crippen LogP contribution is 2.45. The summed E-state index contributed by atoms with van der Waals surface area (Å²) in [7, 11) is -1.92. The second kappa shape index (κ2) is 9.05. The zero-order valence-electron chi connectivity index (χ0n) is 17.5. The Labute approximate surface area is 161 Å². The molecule has 1 aliphatic heterocycles. The van der Waals surface area contributed by atoms with Crippen molar-refractivity contribution in [1.82, 2.24) is 0 Å². The average Bonchev–Trinajstić information content (AvgIpc) is 2.59. The standard InChI is InChI=1S/C23H36O2Si/c1-17(2)26(18(3)4,19(5)6)25-23-15-16-24-22(20(23)7)14-13-21-11-9-8-10-12-21/h8-15,17-20,22H,16H2,1-7H3/b14-13+/t20-,22-/m0/s1. The van der Waals surface area contributed by atoms with E-state index in [0.29, 0.717) is 23.2 Å². The summed E-state index contributed by atoms with van der Waals surface area (Å²) in [6.07, 6.45) is 6.56. The summed E-state index contributed by atoms with van der Waals surface area (Å²) in [6.45, 7) is 16.9. The summed E-state index contributed by atoms with van der Waals surface area (Å²) in [5.74, 6) is 1.38. The van der Waals surface area contributed by atoms with Crippen molar-refractivity contribution >= 4 is 14.4 Å². The Kier molecular flexibility index (Phi) is 7.30. The number of ether oxygens (including phenoxy) is 1. The van der Waals surface area contributed by atoms with Gasteiger partial charge in [0.15, 0.2) is 0 Å². The Balaban J connectivity index is 2.19. The predicted octanol–water partition coefficient (Wildman–Crippen LogP) is 6.81. The lowest BCUT2D eigenvalue weighted by molar-refractivity contribution is 0.0495. The van der Waals surface area contributed by atoms with Gasteiger partial charge in [0.05, 0.1) is 18.5 Å². The molecular weight excluding hydrogens is 336 g/mol. The first kappa shape index (κ1) is 21.0. The summed E-state index contributed by atoms with van der Waals surface area (Å²) in [5.41, 5.74) is 2.95. The normalized spacial score (nSPS) is 21.7. The number of hydrogen-bond donors (Lipinski definition) is 0. The molecule has 1 aromatic rings. The van der Waals surface area contributed by atoms with Crippen molar-refractivity contribution in [2.75, 3.05) is 6.61 Å². The van der Waals surface area contributed by atoms with E-state index >= 15 is 0 Å². The van der Waals surface area contributed by atoms with Gasteiger partial charge in [0.2, 0.25) is 0 Å². The minimum Gasteiger partial charge on any atom is -0.546 e. The smallest absolute Gasteiger partial charge is 0.258 e. The van der Waals surface area contributed by atoms with Crippen LogP contribution < -0.4 is 0 Å². The topological polar surface area (TPSA) is 18.5 Å². The fourth-order valence-corrected chi connectivity index (χ4v) is 9.80. The first-order chi connectivity index (χ1) is 12.3. The van der Waals surface area contributed by atoms with Gasteiger partial charge in [-0.15, -0.1) is 0 Å². The molecule has 0 aliphatic carbocycles. The van der Waals surface area contributed by atoms with Crippen LogP contribution in [0.2, 0.25) is 16.6 Å². The first-order valence-electron chi connectivity index (χ1n) is 10.0. The maximum Gasteiger partial charge on any atom is 0.258 e. The quantitative estimate of drug-likeness (QED) is 0.489. The highest BCUT2D eigenvalue weighted by atomic mass is 28.4. The summed E-state index contributed by atoms with van der Waals surface area (Å²) < 4.78 is 13.0. The van der Waals surface area contributed by atoms with E-state index in [1.54, 1.807) is 0 Å². The summed E-state index contributed by atoms with van der Waals surface area (Å²) >= 11 is 0. The lowest BCUT2D eigenvalue weighted by Gasteiger charge is -2.45. The van der Waals surface area contributed by atoms with E-state index in [1.807, 2.05) is 6.07 Å². The molecule has 2 nitrogen and oxygen atoms in total. The third-order valence-electron chi connectivity index (χ3n) is 5.79. The van der Waals surface area contributed by atoms with Gasteiger partial charge in [-0.05, 0) is 28.3 Å². The van der Waals surface area contributed by atoms with Gasteiger partial charge >= 0.3 is 0 Å². The molecule has 0 N–H and O–H groups in total. The maximum atomic E-state index is 6.94. The zero-order valence-corrected chi connectivity index (χ0v) is 18.5. The van der Waals surface area contributed by atoms with Crippen LogP contribution >= 0.6 is 0 Å². The molecule has 144 valence electrons. The van der Waals surface area contributed by atoms with Crippen molar-refractivity contribution < 1.29 is 9.16 Å². The van der Waals surface area contributed by atoms with Gasteiger partial charge in [-0.1, -0.05) is 91.0 Å². The van der Waals surface area contributed by atoms with E-state index in [9.17, 15) is 0 Å². The third kappa shape index (κ3) is 4.50. The zero-order chi connectivity index (χ0) is 19.3. The van der Waals surface area contributed by atoms with Crippen molar-refractivity contribution in [1.29, 1.82) is 0 Å². The van der Waals surface area contributed by atoms with E-state index in [0.717, 1.165) is 5.76 Å². The van der Waals surface area contributed by atoms with E-state index in [4.69, 9.17) is 9.16 Å². The van der Waals surface area contributed by atoms with Crippen molar-refractivity contribution in [3.05, 3.63) is 53.8 Å². The lowest BCUT2D eigenvalue weighted by Crippen LogP contribution is -2.49. The molecule has 26 heavy (non-hydrogen) atoms. The Morgan fingerprint density at radius 3 is 2.12 bits per heavy atom. The molecule has 3 heteroatoms. The van der Waals surface area contributed by atoms with Gasteiger partial charge in [-0.2, -0.15) is 0 Å². The molecule has 0 amide bonds. The van der Waals surface area contributed by atoms with E-state index in [-0.39, 0.29) is 12.0 Å². The summed E-state index contributed by atoms with van der Waals surface area (Å²) in [5, 5.41) is 0. The molecule has 0 aromatic heterocycles. The second-order valence-electron chi connectivity index (χ2n) is 8.38. The van der Waals surface area contributed by atoms with Crippen LogP contribution in [0.3, 0.4) is 0 Å². The van der Waals surface area contributed by atoms with Gasteiger partial charge in [0, 0.05) is 5.92 Å². The molecule has 1 aliphatic rings. The van der Waals surface area contributed by atoms with E-state index < -0.39 is 8.32 Å². The molecule has 0 bridgehead atoms. The second-order valence-corrected chi connectivity index (χ2v) is 13.8. The van der Waals surface area contributed by atoms with Crippen LogP contribution in [0.1, 0.15) is 54.0 Å². The van der Waals surface area contributed by atoms with Gasteiger partial charge in [0.1, 0.15) is 0 Å². The van der Waals surface area contributed by atoms with Crippen LogP contribution in [0, 0.1) is 5.92 Å². The molecule has 2 rings (SSSR count). The molecule has 0 fully saturated rings. The molecule has 0 unspecified atom stereocenters. The minimum atomic E-state index is -1.92. The third-order valence-corrected chi connectivity index (χ3v) is 11.8. The van der Waals surface area contributed by atoms with E-state index in [1.165, 1.54) is 5.56 Å². The predicted molar refractivity (Wildman–Crippen MR) is 115 cm³/mol. The van der Waals surface area contributed by atoms with E-state index in [2.05, 4.69) is 91.0 Å². The molecule has 2 atom stereocenters. The van der Waals surface area contributed by atoms with Crippen LogP contribution in [0.4, 0.5) is 0 Å². The number of benzene rings is 1. The average molecular weight is 373 g/mol. The minimum absolute atomic E-state index is 0.0633. The molecule has 1 aromatic carbocycles. The number of hydrogen-bond acceptors (Lipinski definition) is 2.